The molecule has 5 heterocycles. The normalized spacial score (nSPS) is 19.6. The number of carbonyl (C=O) groups is 5. The Morgan fingerprint density at radius 3 is 2.36 bits per heavy atom. The summed E-state index contributed by atoms with van der Waals surface area (Å²) in [6, 6.07) is 24.0. The Morgan fingerprint density at radius 2 is 1.61 bits per heavy atom. The smallest absolute Gasteiger partial charge is 0.349 e. The Morgan fingerprint density at radius 1 is 0.886 bits per heavy atom. The predicted octanol–water partition coefficient (Wildman–Crippen LogP) is 7.00. The second-order valence-corrected chi connectivity index (χ2v) is 22.1. The number of piperidine rings is 3. The zero-order valence-electron chi connectivity index (χ0n) is 38.6. The fourth-order valence-electron chi connectivity index (χ4n) is 10.4. The van der Waals surface area contributed by atoms with Crippen LogP contribution in [0.1, 0.15) is 78.0 Å². The molecule has 3 fully saturated rings. The highest BCUT2D eigenvalue weighted by Crippen LogP contribution is 2.47. The molecule has 4 aliphatic rings. The van der Waals surface area contributed by atoms with Gasteiger partial charge in [0.1, 0.15) is 11.1 Å². The van der Waals surface area contributed by atoms with Gasteiger partial charge in [-0.05, 0) is 99.5 Å². The molecule has 1 aromatic heterocycles. The van der Waals surface area contributed by atoms with Crippen LogP contribution in [0.2, 0.25) is 5.02 Å². The third kappa shape index (κ3) is 10.0. The largest absolute Gasteiger partial charge is 0.479 e. The number of aromatic carboxylic acids is 1. The van der Waals surface area contributed by atoms with Gasteiger partial charge in [0.25, 0.3) is 5.91 Å². The topological polar surface area (TPSA) is 227 Å². The molecule has 368 valence electrons. The minimum absolute atomic E-state index is 0.0149. The number of carbonyl (C=O) groups excluding carboxylic acids is 3. The summed E-state index contributed by atoms with van der Waals surface area (Å²) in [5.41, 5.74) is 4.50. The molecule has 0 aliphatic carbocycles. The molecule has 3 saturated heterocycles. The number of halogens is 1. The lowest BCUT2D eigenvalue weighted by atomic mass is 9.89. The number of nitrogens with one attached hydrogen (secondary N) is 4. The minimum Gasteiger partial charge on any atom is -0.479 e. The van der Waals surface area contributed by atoms with Crippen molar-refractivity contribution in [1.29, 1.82) is 0 Å². The number of amides is 3. The Labute approximate surface area is 414 Å². The second kappa shape index (κ2) is 19.9. The average Bonchev–Trinajstić information content (AvgIpc) is 3.80. The molecule has 20 heteroatoms. The van der Waals surface area contributed by atoms with Crippen LogP contribution in [0.5, 0.6) is 5.75 Å². The molecule has 70 heavy (non-hydrogen) atoms. The highest BCUT2D eigenvalue weighted by atomic mass is 35.5. The number of ether oxygens (including phenoxy) is 1. The van der Waals surface area contributed by atoms with E-state index in [0.717, 1.165) is 65.1 Å². The molecular formula is C50H54ClN7O10S2. The van der Waals surface area contributed by atoms with Crippen LogP contribution in [0.25, 0.3) is 21.2 Å². The van der Waals surface area contributed by atoms with E-state index in [1.54, 1.807) is 27.4 Å². The number of rotatable bonds is 17. The van der Waals surface area contributed by atoms with E-state index in [1.807, 2.05) is 74.5 Å². The first-order chi connectivity index (χ1) is 33.5. The summed E-state index contributed by atoms with van der Waals surface area (Å²) in [4.78, 5) is 65.4. The van der Waals surface area contributed by atoms with Crippen LogP contribution in [-0.2, 0) is 30.2 Å². The lowest BCUT2D eigenvalue weighted by Gasteiger charge is -2.45. The van der Waals surface area contributed by atoms with E-state index in [1.165, 1.54) is 0 Å². The predicted molar refractivity (Wildman–Crippen MR) is 270 cm³/mol. The molecular weight excluding hydrogens is 958 g/mol. The van der Waals surface area contributed by atoms with Crippen molar-refractivity contribution in [2.45, 2.75) is 81.8 Å². The van der Waals surface area contributed by atoms with Crippen LogP contribution >= 0.6 is 22.9 Å². The van der Waals surface area contributed by atoms with Gasteiger partial charge >= 0.3 is 11.9 Å². The molecule has 3 amide bonds. The van der Waals surface area contributed by atoms with Crippen LogP contribution < -0.4 is 35.8 Å². The quantitative estimate of drug-likeness (QED) is 0.0407. The van der Waals surface area contributed by atoms with Crippen LogP contribution in [0.3, 0.4) is 0 Å². The van der Waals surface area contributed by atoms with Crippen molar-refractivity contribution in [3.8, 4) is 16.2 Å². The van der Waals surface area contributed by atoms with Gasteiger partial charge in [-0.1, -0.05) is 48.0 Å². The van der Waals surface area contributed by atoms with Crippen molar-refractivity contribution in [2.75, 3.05) is 59.8 Å². The number of aliphatic carboxylic acids is 1. The van der Waals surface area contributed by atoms with Gasteiger partial charge in [0.05, 0.1) is 16.3 Å². The first-order valence-corrected chi connectivity index (χ1v) is 26.1. The minimum atomic E-state index is -3.71. The molecule has 1 unspecified atom stereocenters. The van der Waals surface area contributed by atoms with Gasteiger partial charge in [-0.3, -0.25) is 24.6 Å². The van der Waals surface area contributed by atoms with E-state index >= 15 is 0 Å². The number of anilines is 4. The van der Waals surface area contributed by atoms with Gasteiger partial charge in [0, 0.05) is 90.2 Å². The van der Waals surface area contributed by atoms with E-state index in [4.69, 9.17) is 21.4 Å². The van der Waals surface area contributed by atoms with Crippen molar-refractivity contribution in [2.24, 2.45) is 0 Å². The molecule has 2 atom stereocenters. The van der Waals surface area contributed by atoms with Gasteiger partial charge < -0.3 is 35.8 Å². The van der Waals surface area contributed by atoms with Gasteiger partial charge in [-0.25, -0.2) is 18.0 Å². The molecule has 6 N–H and O–H groups in total. The third-order valence-corrected chi connectivity index (χ3v) is 17.2. The zero-order valence-corrected chi connectivity index (χ0v) is 41.0. The van der Waals surface area contributed by atoms with Crippen molar-refractivity contribution in [1.82, 2.24) is 14.9 Å². The SMILES string of the molecule is CC1(C)C[C@@H](Nc2cccc(-c3sc(C(=O)O)c(OCC(=O)O)c3Cl)c2)CCN1S(=O)(=O)Cc1cccc(NCCNC2CCN(c3ccc4c5c(cccc35)C(=O)N4C3CCC(=O)NC3=O)CC2)c1. The molecule has 17 nitrogen and oxygen atoms in total. The Bertz CT molecular complexity index is 3010. The zero-order chi connectivity index (χ0) is 49.5. The highest BCUT2D eigenvalue weighted by molar-refractivity contribution is 7.88. The summed E-state index contributed by atoms with van der Waals surface area (Å²) in [5.74, 6) is -3.86. The number of hydrogen-bond donors (Lipinski definition) is 6. The van der Waals surface area contributed by atoms with E-state index < -0.39 is 46.1 Å². The molecule has 4 aromatic carbocycles. The van der Waals surface area contributed by atoms with E-state index in [0.29, 0.717) is 65.8 Å². The average molecular weight is 1010 g/mol. The molecule has 0 spiro atoms. The first kappa shape index (κ1) is 48.8. The van der Waals surface area contributed by atoms with E-state index in [9.17, 15) is 37.5 Å². The third-order valence-electron chi connectivity index (χ3n) is 13.5. The van der Waals surface area contributed by atoms with Gasteiger partial charge in [0.15, 0.2) is 17.2 Å². The number of hydrogen-bond acceptors (Lipinski definition) is 13. The van der Waals surface area contributed by atoms with Crippen molar-refractivity contribution in [3.63, 3.8) is 0 Å². The molecule has 0 radical (unpaired) electrons. The maximum atomic E-state index is 14.0. The monoisotopic (exact) mass is 1010 g/mol. The van der Waals surface area contributed by atoms with Crippen LogP contribution in [-0.4, -0.2) is 116 Å². The lowest BCUT2D eigenvalue weighted by Crippen LogP contribution is -2.55. The van der Waals surface area contributed by atoms with Gasteiger partial charge in [0.2, 0.25) is 21.8 Å². The summed E-state index contributed by atoms with van der Waals surface area (Å²) in [6.07, 6.45) is 3.41. The summed E-state index contributed by atoms with van der Waals surface area (Å²) in [5, 5.41) is 33.7. The van der Waals surface area contributed by atoms with E-state index in [2.05, 4.69) is 26.2 Å². The standard InChI is InChI=1S/C50H54ClN7O10S2/c1-50(2)26-34(54-33-9-4-7-30(25-33)45-43(51)44(68-27-41(60)61)46(69-45)49(64)65)18-23-57(50)70(66,67)28-29-6-3-8-32(24-29)53-20-19-52-31-16-21-56(22-17-31)37-12-13-38-42-35(37)10-5-11-36(42)48(63)58(38)39-14-15-40(59)55-47(39)62/h3-13,24-25,31,34,39,52-54H,14-23,26-28H2,1-2H3,(H,60,61)(H,64,65)(H,55,59,62)/t34-,39?/m0/s1. The molecule has 5 aromatic rings. The van der Waals surface area contributed by atoms with E-state index in [-0.39, 0.29) is 52.1 Å². The summed E-state index contributed by atoms with van der Waals surface area (Å²) in [6.45, 7) is 6.44. The van der Waals surface area contributed by atoms with Crippen molar-refractivity contribution in [3.05, 3.63) is 99.9 Å². The fraction of sp³-hybridized carbons (Fsp3) is 0.380. The van der Waals surface area contributed by atoms with Gasteiger partial charge in [-0.2, -0.15) is 4.31 Å². The summed E-state index contributed by atoms with van der Waals surface area (Å²) in [7, 11) is -3.71. The number of carboxylic acid groups (broad SMARTS) is 2. The maximum absolute atomic E-state index is 14.0. The number of nitrogens with zero attached hydrogens (tertiary/aromatic N) is 3. The number of imide groups is 1. The fourth-order valence-corrected chi connectivity index (χ4v) is 13.7. The van der Waals surface area contributed by atoms with Crippen LogP contribution in [0.15, 0.2) is 78.9 Å². The Hall–Kier alpha value is -6.25. The summed E-state index contributed by atoms with van der Waals surface area (Å²) >= 11 is 7.43. The molecule has 9 rings (SSSR count). The second-order valence-electron chi connectivity index (χ2n) is 18.8. The number of sulfonamides is 1. The van der Waals surface area contributed by atoms with Crippen LogP contribution in [0, 0.1) is 0 Å². The number of thiophene rings is 1. The van der Waals surface area contributed by atoms with Crippen LogP contribution in [0.4, 0.5) is 22.7 Å². The molecule has 4 aliphatic heterocycles. The van der Waals surface area contributed by atoms with Gasteiger partial charge in [-0.15, -0.1) is 11.3 Å². The Balaban J connectivity index is 0.750. The Kier molecular flexibility index (Phi) is 13.8. The first-order valence-electron chi connectivity index (χ1n) is 23.3. The van der Waals surface area contributed by atoms with Crippen molar-refractivity contribution >= 4 is 96.1 Å². The molecule has 0 saturated carbocycles. The molecule has 0 bridgehead atoms. The number of benzene rings is 4. The maximum Gasteiger partial charge on any atom is 0.349 e. The van der Waals surface area contributed by atoms with Crippen molar-refractivity contribution < 1.29 is 47.3 Å². The lowest BCUT2D eigenvalue weighted by molar-refractivity contribution is -0.139. The number of carboxylic acids is 2. The summed E-state index contributed by atoms with van der Waals surface area (Å²) < 4.78 is 34.9. The highest BCUT2D eigenvalue weighted by Gasteiger charge is 2.43.